The van der Waals surface area contributed by atoms with E-state index >= 15 is 0 Å². The van der Waals surface area contributed by atoms with Gasteiger partial charge in [0.05, 0.1) is 33.0 Å². The second kappa shape index (κ2) is 18.0. The van der Waals surface area contributed by atoms with Gasteiger partial charge < -0.3 is 47.4 Å². The van der Waals surface area contributed by atoms with E-state index in [9.17, 15) is 14.4 Å². The van der Waals surface area contributed by atoms with E-state index in [1.54, 1.807) is 6.92 Å². The molecule has 0 saturated carbocycles. The van der Waals surface area contributed by atoms with Crippen molar-refractivity contribution in [3.63, 3.8) is 0 Å². The van der Waals surface area contributed by atoms with Gasteiger partial charge in [0.15, 0.2) is 24.1 Å². The van der Waals surface area contributed by atoms with E-state index in [0.717, 1.165) is 11.1 Å². The molecule has 2 aromatic rings. The lowest BCUT2D eigenvalue weighted by molar-refractivity contribution is -0.369. The van der Waals surface area contributed by atoms with E-state index in [0.29, 0.717) is 0 Å². The standard InChI is InChI=1S/C36H48O13/c1-8-36(35(39)42-7)22(2)28(40-5)31(41-6)34(49-36)48-29-27(21-43-19-25-15-11-9-12-16-25)47-33(46-24(4)38)32(30(29)45-23(3)37)44-20-26-17-13-10-14-18-26/h9-18,22,27-34H,8,19-21H2,1-7H3/t22-,27?,28-,29+,30-,31?,32?,33?,34+,36?/m0/s1. The molecule has 4 rings (SSSR count). The Morgan fingerprint density at radius 2 is 1.33 bits per heavy atom. The molecule has 0 N–H and O–H groups in total. The van der Waals surface area contributed by atoms with Crippen LogP contribution in [0.1, 0.15) is 45.2 Å². The van der Waals surface area contributed by atoms with Crippen molar-refractivity contribution < 1.29 is 61.8 Å². The summed E-state index contributed by atoms with van der Waals surface area (Å²) in [7, 11) is 4.27. The quantitative estimate of drug-likeness (QED) is 0.198. The van der Waals surface area contributed by atoms with E-state index in [2.05, 4.69) is 0 Å². The first-order valence-electron chi connectivity index (χ1n) is 16.3. The molecule has 2 fully saturated rings. The molecule has 0 amide bonds. The summed E-state index contributed by atoms with van der Waals surface area (Å²) in [6.45, 7) is 6.32. The molecule has 2 heterocycles. The highest BCUT2D eigenvalue weighted by Gasteiger charge is 2.60. The fraction of sp³-hybridized carbons (Fsp3) is 0.583. The normalized spacial score (nSPS) is 31.4. The molecule has 270 valence electrons. The van der Waals surface area contributed by atoms with Gasteiger partial charge >= 0.3 is 17.9 Å². The second-order valence-corrected chi connectivity index (χ2v) is 12.0. The minimum absolute atomic E-state index is 0.0669. The van der Waals surface area contributed by atoms with Crippen molar-refractivity contribution in [3.05, 3.63) is 71.8 Å². The van der Waals surface area contributed by atoms with Crippen LogP contribution in [0.2, 0.25) is 0 Å². The number of hydrogen-bond donors (Lipinski definition) is 0. The van der Waals surface area contributed by atoms with Gasteiger partial charge in [-0.15, -0.1) is 0 Å². The van der Waals surface area contributed by atoms with Crippen molar-refractivity contribution in [2.24, 2.45) is 5.92 Å². The Balaban J connectivity index is 1.75. The Bertz CT molecular complexity index is 1340. The van der Waals surface area contributed by atoms with Crippen molar-refractivity contribution >= 4 is 17.9 Å². The van der Waals surface area contributed by atoms with Gasteiger partial charge in [-0.25, -0.2) is 4.79 Å². The number of carbonyl (C=O) groups excluding carboxylic acids is 3. The van der Waals surface area contributed by atoms with Crippen molar-refractivity contribution in [2.45, 2.75) is 102 Å². The molecule has 0 radical (unpaired) electrons. The third kappa shape index (κ3) is 9.23. The Morgan fingerprint density at radius 1 is 0.735 bits per heavy atom. The van der Waals surface area contributed by atoms with E-state index in [1.807, 2.05) is 67.6 Å². The zero-order chi connectivity index (χ0) is 35.6. The Labute approximate surface area is 287 Å². The van der Waals surface area contributed by atoms with E-state index < -0.39 is 78.6 Å². The number of ether oxygens (including phenoxy) is 10. The maximum absolute atomic E-state index is 13.3. The molecule has 2 aromatic carbocycles. The largest absolute Gasteiger partial charge is 0.467 e. The fourth-order valence-electron chi connectivity index (χ4n) is 6.46. The van der Waals surface area contributed by atoms with Crippen LogP contribution >= 0.6 is 0 Å². The third-order valence-corrected chi connectivity index (χ3v) is 8.89. The number of rotatable bonds is 15. The van der Waals surface area contributed by atoms with Gasteiger partial charge in [0.1, 0.15) is 18.3 Å². The average molecular weight is 689 g/mol. The molecular weight excluding hydrogens is 640 g/mol. The lowest BCUT2D eigenvalue weighted by atomic mass is 9.77. The zero-order valence-corrected chi connectivity index (χ0v) is 29.1. The summed E-state index contributed by atoms with van der Waals surface area (Å²) in [5.74, 6) is -2.40. The highest BCUT2D eigenvalue weighted by atomic mass is 16.8. The summed E-state index contributed by atoms with van der Waals surface area (Å²) in [5.41, 5.74) is 0.254. The number of methoxy groups -OCH3 is 3. The maximum Gasteiger partial charge on any atom is 0.338 e. The number of esters is 3. The Kier molecular flexibility index (Phi) is 14.1. The summed E-state index contributed by atoms with van der Waals surface area (Å²) in [5, 5.41) is 0. The van der Waals surface area contributed by atoms with E-state index in [1.165, 1.54) is 35.2 Å². The smallest absolute Gasteiger partial charge is 0.338 e. The lowest BCUT2D eigenvalue weighted by Gasteiger charge is -2.52. The maximum atomic E-state index is 13.3. The molecule has 2 saturated heterocycles. The van der Waals surface area contributed by atoms with Gasteiger partial charge in [-0.1, -0.05) is 74.5 Å². The average Bonchev–Trinajstić information content (AvgIpc) is 3.09. The van der Waals surface area contributed by atoms with Gasteiger partial charge in [-0.3, -0.25) is 9.59 Å². The number of benzene rings is 2. The summed E-state index contributed by atoms with van der Waals surface area (Å²) < 4.78 is 60.3. The highest BCUT2D eigenvalue weighted by Crippen LogP contribution is 2.42. The predicted molar refractivity (Wildman–Crippen MR) is 173 cm³/mol. The summed E-state index contributed by atoms with van der Waals surface area (Å²) in [6.07, 6.45) is -8.35. The van der Waals surface area contributed by atoms with Crippen molar-refractivity contribution in [1.29, 1.82) is 0 Å². The van der Waals surface area contributed by atoms with Crippen molar-refractivity contribution in [2.75, 3.05) is 27.9 Å². The molecule has 10 atom stereocenters. The Hall–Kier alpha value is -3.43. The minimum Gasteiger partial charge on any atom is -0.467 e. The first-order chi connectivity index (χ1) is 23.6. The van der Waals surface area contributed by atoms with Crippen LogP contribution in [0.4, 0.5) is 0 Å². The monoisotopic (exact) mass is 688 g/mol. The molecule has 0 aromatic heterocycles. The highest BCUT2D eigenvalue weighted by molar-refractivity contribution is 5.80. The van der Waals surface area contributed by atoms with Crippen LogP contribution in [0.5, 0.6) is 0 Å². The molecule has 2 aliphatic rings. The summed E-state index contributed by atoms with van der Waals surface area (Å²) >= 11 is 0. The van der Waals surface area contributed by atoms with Gasteiger partial charge in [-0.2, -0.15) is 0 Å². The van der Waals surface area contributed by atoms with Crippen LogP contribution in [0.3, 0.4) is 0 Å². The van der Waals surface area contributed by atoms with Crippen molar-refractivity contribution in [1.82, 2.24) is 0 Å². The van der Waals surface area contributed by atoms with Crippen LogP contribution in [-0.4, -0.2) is 101 Å². The molecule has 49 heavy (non-hydrogen) atoms. The predicted octanol–water partition coefficient (Wildman–Crippen LogP) is 3.74. The topological polar surface area (TPSA) is 144 Å². The SMILES string of the molecule is CCC1(C(=O)OC)O[C@@H](O[C@@H]2C(COCc3ccccc3)OC(OC(C)=O)C(OCc3ccccc3)[C@H]2OC(C)=O)C(OC)[C@@H](OC)[C@@H]1C. The molecule has 0 bridgehead atoms. The van der Waals surface area contributed by atoms with Crippen molar-refractivity contribution in [3.8, 4) is 0 Å². The number of hydrogen-bond acceptors (Lipinski definition) is 13. The molecule has 13 heteroatoms. The molecule has 2 aliphatic heterocycles. The van der Waals surface area contributed by atoms with E-state index in [4.69, 9.17) is 47.4 Å². The first kappa shape index (κ1) is 38.4. The molecule has 0 spiro atoms. The summed E-state index contributed by atoms with van der Waals surface area (Å²) in [6, 6.07) is 18.8. The Morgan fingerprint density at radius 3 is 1.86 bits per heavy atom. The van der Waals surface area contributed by atoms with Crippen LogP contribution < -0.4 is 0 Å². The minimum atomic E-state index is -1.47. The van der Waals surface area contributed by atoms with Gasteiger partial charge in [-0.05, 0) is 17.5 Å². The summed E-state index contributed by atoms with van der Waals surface area (Å²) in [4.78, 5) is 38.3. The molecule has 13 nitrogen and oxygen atoms in total. The molecular formula is C36H48O13. The lowest BCUT2D eigenvalue weighted by Crippen LogP contribution is -2.68. The van der Waals surface area contributed by atoms with Crippen LogP contribution in [-0.2, 0) is 75.0 Å². The van der Waals surface area contributed by atoms with Crippen LogP contribution in [0.25, 0.3) is 0 Å². The van der Waals surface area contributed by atoms with Crippen LogP contribution in [0.15, 0.2) is 60.7 Å². The van der Waals surface area contributed by atoms with Crippen LogP contribution in [0, 0.1) is 5.92 Å². The van der Waals surface area contributed by atoms with Gasteiger partial charge in [0.2, 0.25) is 6.29 Å². The van der Waals surface area contributed by atoms with E-state index in [-0.39, 0.29) is 26.2 Å². The molecule has 5 unspecified atom stereocenters. The van der Waals surface area contributed by atoms with Gasteiger partial charge in [0, 0.05) is 34.0 Å². The molecule has 0 aliphatic carbocycles. The first-order valence-corrected chi connectivity index (χ1v) is 16.3. The van der Waals surface area contributed by atoms with Gasteiger partial charge in [0.25, 0.3) is 0 Å². The third-order valence-electron chi connectivity index (χ3n) is 8.89. The number of carbonyl (C=O) groups is 3. The zero-order valence-electron chi connectivity index (χ0n) is 29.1. The second-order valence-electron chi connectivity index (χ2n) is 12.0. The fourth-order valence-corrected chi connectivity index (χ4v) is 6.46.